The topological polar surface area (TPSA) is 72.2 Å². The van der Waals surface area contributed by atoms with E-state index in [9.17, 15) is 10.1 Å². The lowest BCUT2D eigenvalue weighted by atomic mass is 10.00. The summed E-state index contributed by atoms with van der Waals surface area (Å²) in [5.41, 5.74) is -0.0697. The highest BCUT2D eigenvalue weighted by molar-refractivity contribution is 6.28. The second-order valence-corrected chi connectivity index (χ2v) is 4.69. The van der Waals surface area contributed by atoms with Gasteiger partial charge in [-0.05, 0) is 37.3 Å². The number of halogens is 1. The highest BCUT2D eigenvalue weighted by atomic mass is 35.5. The standard InChI is InChI=1S/C11H15ClN4O2/c1-2-8-5-3-4-6-15(8)10-9(16(17)18)7-13-11(12)14-10/h7-8H,2-6H2,1H3. The van der Waals surface area contributed by atoms with Gasteiger partial charge in [-0.25, -0.2) is 4.98 Å². The van der Waals surface area contributed by atoms with Crippen LogP contribution in [-0.4, -0.2) is 27.5 Å². The Morgan fingerprint density at radius 3 is 3.06 bits per heavy atom. The first-order valence-corrected chi connectivity index (χ1v) is 6.45. The molecule has 0 spiro atoms. The van der Waals surface area contributed by atoms with Crippen molar-refractivity contribution in [2.24, 2.45) is 0 Å². The van der Waals surface area contributed by atoms with E-state index in [0.29, 0.717) is 11.9 Å². The second kappa shape index (κ2) is 5.48. The highest BCUT2D eigenvalue weighted by Crippen LogP contribution is 2.32. The predicted molar refractivity (Wildman–Crippen MR) is 69.0 cm³/mol. The molecular formula is C11H15ClN4O2. The van der Waals surface area contributed by atoms with Gasteiger partial charge in [-0.15, -0.1) is 0 Å². The number of anilines is 1. The van der Waals surface area contributed by atoms with Crippen molar-refractivity contribution in [1.82, 2.24) is 9.97 Å². The normalized spacial score (nSPS) is 19.9. The van der Waals surface area contributed by atoms with Crippen LogP contribution < -0.4 is 4.90 Å². The third-order valence-corrected chi connectivity index (χ3v) is 3.47. The van der Waals surface area contributed by atoms with Crippen LogP contribution in [0.5, 0.6) is 0 Å². The molecule has 1 aliphatic heterocycles. The molecule has 1 saturated heterocycles. The summed E-state index contributed by atoms with van der Waals surface area (Å²) >= 11 is 5.76. The van der Waals surface area contributed by atoms with Crippen LogP contribution in [0.1, 0.15) is 32.6 Å². The Hall–Kier alpha value is -1.43. The Morgan fingerprint density at radius 2 is 2.39 bits per heavy atom. The summed E-state index contributed by atoms with van der Waals surface area (Å²) in [6.45, 7) is 2.87. The number of hydrogen-bond acceptors (Lipinski definition) is 5. The molecule has 2 heterocycles. The van der Waals surface area contributed by atoms with Crippen molar-refractivity contribution in [3.05, 3.63) is 21.6 Å². The average molecular weight is 271 g/mol. The zero-order chi connectivity index (χ0) is 13.1. The molecule has 1 fully saturated rings. The summed E-state index contributed by atoms with van der Waals surface area (Å²) in [6.07, 6.45) is 5.34. The molecule has 0 aliphatic carbocycles. The smallest absolute Gasteiger partial charge is 0.329 e. The molecule has 2 rings (SSSR count). The van der Waals surface area contributed by atoms with Crippen LogP contribution in [0.2, 0.25) is 5.28 Å². The van der Waals surface area contributed by atoms with E-state index in [2.05, 4.69) is 16.9 Å². The molecule has 1 unspecified atom stereocenters. The molecule has 18 heavy (non-hydrogen) atoms. The minimum atomic E-state index is -0.451. The lowest BCUT2D eigenvalue weighted by Gasteiger charge is -2.35. The van der Waals surface area contributed by atoms with E-state index in [4.69, 9.17) is 11.6 Å². The maximum absolute atomic E-state index is 11.0. The number of nitro groups is 1. The van der Waals surface area contributed by atoms with E-state index in [0.717, 1.165) is 32.2 Å². The van der Waals surface area contributed by atoms with Gasteiger partial charge in [-0.3, -0.25) is 10.1 Å². The number of hydrogen-bond donors (Lipinski definition) is 0. The molecule has 6 nitrogen and oxygen atoms in total. The average Bonchev–Trinajstić information content (AvgIpc) is 2.38. The van der Waals surface area contributed by atoms with Gasteiger partial charge in [0.05, 0.1) is 4.92 Å². The van der Waals surface area contributed by atoms with Crippen LogP contribution in [0.25, 0.3) is 0 Å². The second-order valence-electron chi connectivity index (χ2n) is 4.36. The minimum Gasteiger partial charge on any atom is -0.348 e. The van der Waals surface area contributed by atoms with E-state index in [1.165, 1.54) is 6.20 Å². The Labute approximate surface area is 110 Å². The Balaban J connectivity index is 2.41. The Bertz CT molecular complexity index is 455. The Morgan fingerprint density at radius 1 is 1.61 bits per heavy atom. The molecule has 0 amide bonds. The van der Waals surface area contributed by atoms with Crippen LogP contribution in [-0.2, 0) is 0 Å². The highest BCUT2D eigenvalue weighted by Gasteiger charge is 2.29. The van der Waals surface area contributed by atoms with E-state index in [1.807, 2.05) is 4.90 Å². The van der Waals surface area contributed by atoms with Crippen LogP contribution in [0.15, 0.2) is 6.20 Å². The fraction of sp³-hybridized carbons (Fsp3) is 0.636. The third kappa shape index (κ3) is 2.53. The largest absolute Gasteiger partial charge is 0.348 e. The van der Waals surface area contributed by atoms with Crippen molar-refractivity contribution >= 4 is 23.1 Å². The van der Waals surface area contributed by atoms with Gasteiger partial charge in [-0.2, -0.15) is 4.98 Å². The molecule has 1 atom stereocenters. The fourth-order valence-corrected chi connectivity index (χ4v) is 2.52. The van der Waals surface area contributed by atoms with Crippen LogP contribution in [0.3, 0.4) is 0 Å². The van der Waals surface area contributed by atoms with Crippen molar-refractivity contribution in [3.63, 3.8) is 0 Å². The molecule has 98 valence electrons. The van der Waals surface area contributed by atoms with Crippen LogP contribution in [0, 0.1) is 10.1 Å². The monoisotopic (exact) mass is 270 g/mol. The maximum atomic E-state index is 11.0. The third-order valence-electron chi connectivity index (χ3n) is 3.29. The zero-order valence-corrected chi connectivity index (χ0v) is 10.9. The molecular weight excluding hydrogens is 256 g/mol. The molecule has 0 bridgehead atoms. The summed E-state index contributed by atoms with van der Waals surface area (Å²) in [5, 5.41) is 11.1. The summed E-state index contributed by atoms with van der Waals surface area (Å²) in [7, 11) is 0. The Kier molecular flexibility index (Phi) is 3.96. The van der Waals surface area contributed by atoms with Gasteiger partial charge in [0.2, 0.25) is 11.1 Å². The van der Waals surface area contributed by atoms with Gasteiger partial charge < -0.3 is 4.90 Å². The quantitative estimate of drug-likeness (QED) is 0.480. The maximum Gasteiger partial charge on any atom is 0.329 e. The van der Waals surface area contributed by atoms with Gasteiger partial charge >= 0.3 is 5.69 Å². The first-order valence-electron chi connectivity index (χ1n) is 6.07. The van der Waals surface area contributed by atoms with Crippen molar-refractivity contribution in [1.29, 1.82) is 0 Å². The molecule has 1 aliphatic rings. The SMILES string of the molecule is CCC1CCCCN1c1nc(Cl)ncc1[N+](=O)[O-]. The van der Waals surface area contributed by atoms with E-state index in [1.54, 1.807) is 0 Å². The van der Waals surface area contributed by atoms with E-state index < -0.39 is 4.92 Å². The van der Waals surface area contributed by atoms with E-state index in [-0.39, 0.29) is 11.0 Å². The van der Waals surface area contributed by atoms with Gasteiger partial charge in [0.25, 0.3) is 0 Å². The lowest BCUT2D eigenvalue weighted by Crippen LogP contribution is -2.40. The summed E-state index contributed by atoms with van der Waals surface area (Å²) in [4.78, 5) is 20.3. The van der Waals surface area contributed by atoms with Crippen LogP contribution >= 0.6 is 11.6 Å². The summed E-state index contributed by atoms with van der Waals surface area (Å²) in [5.74, 6) is 0.353. The van der Waals surface area contributed by atoms with Crippen LogP contribution in [0.4, 0.5) is 11.5 Å². The number of aromatic nitrogens is 2. The van der Waals surface area contributed by atoms with Crippen molar-refractivity contribution < 1.29 is 4.92 Å². The molecule has 7 heteroatoms. The van der Waals surface area contributed by atoms with Gasteiger partial charge in [0.15, 0.2) is 0 Å². The van der Waals surface area contributed by atoms with Crippen molar-refractivity contribution in [2.45, 2.75) is 38.6 Å². The van der Waals surface area contributed by atoms with E-state index >= 15 is 0 Å². The lowest BCUT2D eigenvalue weighted by molar-refractivity contribution is -0.384. The summed E-state index contributed by atoms with van der Waals surface area (Å²) < 4.78 is 0. The number of piperidine rings is 1. The molecule has 0 N–H and O–H groups in total. The van der Waals surface area contributed by atoms with Gasteiger partial charge in [0, 0.05) is 12.6 Å². The first kappa shape index (κ1) is 13.0. The fourth-order valence-electron chi connectivity index (χ4n) is 2.39. The molecule has 0 aromatic carbocycles. The van der Waals surface area contributed by atoms with Crippen molar-refractivity contribution in [3.8, 4) is 0 Å². The minimum absolute atomic E-state index is 0.0519. The molecule has 0 saturated carbocycles. The number of rotatable bonds is 3. The van der Waals surface area contributed by atoms with Crippen molar-refractivity contribution in [2.75, 3.05) is 11.4 Å². The molecule has 1 aromatic heterocycles. The predicted octanol–water partition coefficient (Wildman–Crippen LogP) is 2.81. The van der Waals surface area contributed by atoms with Gasteiger partial charge in [-0.1, -0.05) is 6.92 Å². The summed E-state index contributed by atoms with van der Waals surface area (Å²) in [6, 6.07) is 0.295. The van der Waals surface area contributed by atoms with Gasteiger partial charge in [0.1, 0.15) is 6.20 Å². The molecule has 1 aromatic rings. The number of nitrogens with zero attached hydrogens (tertiary/aromatic N) is 4. The first-order chi connectivity index (χ1) is 8.63. The zero-order valence-electron chi connectivity index (χ0n) is 10.2. The molecule has 0 radical (unpaired) electrons.